The molecule has 0 unspecified atom stereocenters. The molecule has 0 aliphatic carbocycles. The average molecular weight is 378 g/mol. The minimum absolute atomic E-state index is 0.340. The second-order valence-corrected chi connectivity index (χ2v) is 11.4. The monoisotopic (exact) mass is 378 g/mol. The molecule has 1 amide bonds. The van der Waals surface area contributed by atoms with Gasteiger partial charge < -0.3 is 0 Å². The van der Waals surface area contributed by atoms with E-state index in [2.05, 4.69) is 35.0 Å². The van der Waals surface area contributed by atoms with Gasteiger partial charge in [-0.05, 0) is 0 Å². The van der Waals surface area contributed by atoms with E-state index in [-0.39, 0.29) is 6.09 Å². The fourth-order valence-corrected chi connectivity index (χ4v) is 9.73. The Morgan fingerprint density at radius 1 is 0.778 bits per heavy atom. The van der Waals surface area contributed by atoms with Crippen molar-refractivity contribution in [2.24, 2.45) is 0 Å². The van der Waals surface area contributed by atoms with Crippen LogP contribution in [0, 0.1) is 0 Å². The Kier molecular flexibility index (Phi) is 4.06. The minimum atomic E-state index is -3.66. The van der Waals surface area contributed by atoms with Gasteiger partial charge in [-0.15, -0.1) is 0 Å². The molecule has 4 rings (SSSR count). The number of nitrogens with zero attached hydrogens (tertiary/aromatic N) is 2. The first kappa shape index (κ1) is 17.7. The van der Waals surface area contributed by atoms with Crippen LogP contribution < -0.4 is 20.8 Å². The standard InChI is InChI=1S/C22H23N2O2P/c1-23(2)27(18-12-6-4-7-13-18,19-14-8-5-9-15-19)21-17-11-10-16-20(21)24(3)22(25)26-27/h4-17H,1-3H3. The van der Waals surface area contributed by atoms with Crippen LogP contribution in [0.25, 0.3) is 0 Å². The summed E-state index contributed by atoms with van der Waals surface area (Å²) in [7, 11) is 5.78. The molecule has 0 atom stereocenters. The maximum absolute atomic E-state index is 13.1. The van der Waals surface area contributed by atoms with Crippen LogP contribution in [-0.4, -0.2) is 31.9 Å². The summed E-state index contributed by atoms with van der Waals surface area (Å²) in [5, 5.41) is 3.05. The van der Waals surface area contributed by atoms with Crippen molar-refractivity contribution < 1.29 is 9.32 Å². The van der Waals surface area contributed by atoms with Crippen molar-refractivity contribution in [2.75, 3.05) is 26.0 Å². The van der Waals surface area contributed by atoms with Crippen LogP contribution in [0.3, 0.4) is 0 Å². The molecule has 3 aromatic rings. The van der Waals surface area contributed by atoms with E-state index in [9.17, 15) is 4.79 Å². The molecular weight excluding hydrogens is 355 g/mol. The van der Waals surface area contributed by atoms with Gasteiger partial charge in [0.15, 0.2) is 0 Å². The third-order valence-electron chi connectivity index (χ3n) is 5.45. The molecule has 0 radical (unpaired) electrons. The van der Waals surface area contributed by atoms with Crippen molar-refractivity contribution in [3.05, 3.63) is 84.9 Å². The Bertz CT molecular complexity index is 950. The average Bonchev–Trinajstić information content (AvgIpc) is 2.72. The van der Waals surface area contributed by atoms with Crippen LogP contribution in [0.4, 0.5) is 10.5 Å². The summed E-state index contributed by atoms with van der Waals surface area (Å²) in [6.45, 7) is -3.66. The third kappa shape index (κ3) is 2.14. The first-order valence-electron chi connectivity index (χ1n) is 8.90. The number of para-hydroxylation sites is 1. The fraction of sp³-hybridized carbons (Fsp3) is 0.136. The molecule has 0 N–H and O–H groups in total. The fourth-order valence-electron chi connectivity index (χ4n) is 4.16. The summed E-state index contributed by atoms with van der Waals surface area (Å²) < 4.78 is 8.70. The van der Waals surface area contributed by atoms with Gasteiger partial charge in [-0.3, -0.25) is 0 Å². The van der Waals surface area contributed by atoms with E-state index < -0.39 is 6.98 Å². The Balaban J connectivity index is 2.27. The quantitative estimate of drug-likeness (QED) is 0.654. The number of amides is 1. The van der Waals surface area contributed by atoms with E-state index in [0.717, 1.165) is 21.6 Å². The molecule has 0 saturated heterocycles. The molecule has 1 aliphatic heterocycles. The summed E-state index contributed by atoms with van der Waals surface area (Å²) >= 11 is 0. The zero-order valence-electron chi connectivity index (χ0n) is 15.7. The van der Waals surface area contributed by atoms with Crippen molar-refractivity contribution in [3.8, 4) is 0 Å². The topological polar surface area (TPSA) is 32.8 Å². The van der Waals surface area contributed by atoms with E-state index in [4.69, 9.17) is 4.52 Å². The molecule has 0 aromatic heterocycles. The zero-order valence-corrected chi connectivity index (χ0v) is 16.6. The molecular formula is C22H23N2O2P. The Labute approximate surface area is 160 Å². The molecule has 0 fully saturated rings. The summed E-state index contributed by atoms with van der Waals surface area (Å²) in [5.41, 5.74) is 0.882. The summed E-state index contributed by atoms with van der Waals surface area (Å²) in [6.07, 6.45) is -0.340. The van der Waals surface area contributed by atoms with Crippen molar-refractivity contribution in [3.63, 3.8) is 0 Å². The number of carbonyl (C=O) groups is 1. The van der Waals surface area contributed by atoms with Crippen molar-refractivity contribution in [2.45, 2.75) is 0 Å². The molecule has 5 heteroatoms. The normalized spacial score (nSPS) is 18.9. The third-order valence-corrected chi connectivity index (χ3v) is 11.3. The number of hydrogen-bond donors (Lipinski definition) is 0. The van der Waals surface area contributed by atoms with Crippen LogP contribution in [0.2, 0.25) is 0 Å². The van der Waals surface area contributed by atoms with E-state index >= 15 is 0 Å². The van der Waals surface area contributed by atoms with Gasteiger partial charge in [-0.2, -0.15) is 0 Å². The summed E-state index contributed by atoms with van der Waals surface area (Å²) in [5.74, 6) is 0. The van der Waals surface area contributed by atoms with E-state index in [1.807, 2.05) is 68.7 Å². The van der Waals surface area contributed by atoms with Crippen molar-refractivity contribution in [1.82, 2.24) is 4.67 Å². The second-order valence-electron chi connectivity index (χ2n) is 6.91. The van der Waals surface area contributed by atoms with Gasteiger partial charge in [0.25, 0.3) is 0 Å². The predicted molar refractivity (Wildman–Crippen MR) is 114 cm³/mol. The number of anilines is 1. The van der Waals surface area contributed by atoms with Crippen LogP contribution in [0.15, 0.2) is 84.9 Å². The van der Waals surface area contributed by atoms with Crippen LogP contribution in [0.5, 0.6) is 0 Å². The molecule has 4 nitrogen and oxygen atoms in total. The van der Waals surface area contributed by atoms with E-state index in [0.29, 0.717) is 0 Å². The Morgan fingerprint density at radius 3 is 1.78 bits per heavy atom. The molecule has 27 heavy (non-hydrogen) atoms. The van der Waals surface area contributed by atoms with Gasteiger partial charge in [0.1, 0.15) is 0 Å². The van der Waals surface area contributed by atoms with Gasteiger partial charge in [-0.1, -0.05) is 0 Å². The SMILES string of the molecule is CN1C(=O)OP(c2ccccc2)(c2ccccc2)(N(C)C)c2ccccc21. The molecule has 1 heterocycles. The van der Waals surface area contributed by atoms with E-state index in [1.165, 1.54) is 0 Å². The Hall–Kier alpha value is -2.68. The van der Waals surface area contributed by atoms with Gasteiger partial charge in [0, 0.05) is 0 Å². The maximum atomic E-state index is 13.1. The van der Waals surface area contributed by atoms with Gasteiger partial charge in [-0.25, -0.2) is 0 Å². The van der Waals surface area contributed by atoms with E-state index in [1.54, 1.807) is 11.9 Å². The zero-order chi connectivity index (χ0) is 19.1. The molecule has 138 valence electrons. The van der Waals surface area contributed by atoms with Gasteiger partial charge in [0.2, 0.25) is 0 Å². The first-order chi connectivity index (χ1) is 13.0. The predicted octanol–water partition coefficient (Wildman–Crippen LogP) is 3.49. The molecule has 0 saturated carbocycles. The van der Waals surface area contributed by atoms with Crippen LogP contribution in [-0.2, 0) is 4.52 Å². The first-order valence-corrected chi connectivity index (χ1v) is 11.0. The molecule has 0 bridgehead atoms. The van der Waals surface area contributed by atoms with Crippen molar-refractivity contribution in [1.29, 1.82) is 0 Å². The van der Waals surface area contributed by atoms with Gasteiger partial charge >= 0.3 is 160 Å². The van der Waals surface area contributed by atoms with Crippen LogP contribution in [0.1, 0.15) is 0 Å². The van der Waals surface area contributed by atoms with Crippen molar-refractivity contribution >= 4 is 34.7 Å². The van der Waals surface area contributed by atoms with Gasteiger partial charge in [0.05, 0.1) is 0 Å². The number of carbonyl (C=O) groups excluding carboxylic acids is 1. The Morgan fingerprint density at radius 2 is 1.26 bits per heavy atom. The number of rotatable bonds is 3. The summed E-state index contributed by atoms with van der Waals surface area (Å²) in [4.78, 5) is 14.7. The molecule has 1 aliphatic rings. The number of fused-ring (bicyclic) bond motifs is 1. The number of hydrogen-bond acceptors (Lipinski definition) is 3. The molecule has 0 spiro atoms. The second kappa shape index (κ2) is 6.19. The summed E-state index contributed by atoms with van der Waals surface area (Å²) in [6, 6.07) is 28.3. The van der Waals surface area contributed by atoms with Crippen LogP contribution >= 0.6 is 6.98 Å². The number of benzene rings is 3. The molecule has 3 aromatic carbocycles.